The zero-order valence-electron chi connectivity index (χ0n) is 15.9. The maximum atomic E-state index is 6.48. The van der Waals surface area contributed by atoms with Gasteiger partial charge in [-0.25, -0.2) is 0 Å². The molecule has 0 amide bonds. The van der Waals surface area contributed by atoms with Crippen molar-refractivity contribution in [2.45, 2.75) is 19.2 Å². The lowest BCUT2D eigenvalue weighted by Gasteiger charge is -2.39. The van der Waals surface area contributed by atoms with Crippen LogP contribution in [0.1, 0.15) is 34.5 Å². The summed E-state index contributed by atoms with van der Waals surface area (Å²) in [5.41, 5.74) is 9.25. The van der Waals surface area contributed by atoms with Gasteiger partial charge in [-0.2, -0.15) is 5.01 Å². The first kappa shape index (κ1) is 16.9. The van der Waals surface area contributed by atoms with Crippen LogP contribution in [0.3, 0.4) is 0 Å². The third-order valence-electron chi connectivity index (χ3n) is 5.35. The lowest BCUT2D eigenvalue weighted by Crippen LogP contribution is -2.43. The first-order valence-electron chi connectivity index (χ1n) is 9.47. The number of rotatable bonds is 3. The predicted octanol–water partition coefficient (Wildman–Crippen LogP) is 5.00. The molecule has 0 bridgehead atoms. The van der Waals surface area contributed by atoms with Crippen LogP contribution in [-0.4, -0.2) is 12.1 Å². The molecule has 2 aliphatic rings. The number of methoxy groups -OCH3 is 1. The molecule has 0 unspecified atom stereocenters. The van der Waals surface area contributed by atoms with Gasteiger partial charge in [-0.3, -0.25) is 0 Å². The molecule has 0 aromatic heterocycles. The summed E-state index contributed by atoms with van der Waals surface area (Å²) < 4.78 is 12.1. The fourth-order valence-electron chi connectivity index (χ4n) is 3.89. The van der Waals surface area contributed by atoms with E-state index in [-0.39, 0.29) is 12.3 Å². The summed E-state index contributed by atoms with van der Waals surface area (Å²) in [7, 11) is 1.68. The Labute approximate surface area is 165 Å². The van der Waals surface area contributed by atoms with Crippen molar-refractivity contribution >= 4 is 5.70 Å². The van der Waals surface area contributed by atoms with E-state index >= 15 is 0 Å². The van der Waals surface area contributed by atoms with Gasteiger partial charge in [-0.05, 0) is 24.6 Å². The minimum absolute atomic E-state index is 0.0559. The number of nitrogens with zero attached hydrogens (tertiary/aromatic N) is 1. The van der Waals surface area contributed by atoms with Crippen molar-refractivity contribution in [3.63, 3.8) is 0 Å². The number of para-hydroxylation sites is 1. The van der Waals surface area contributed by atoms with Gasteiger partial charge in [0.1, 0.15) is 0 Å². The average molecular weight is 370 g/mol. The van der Waals surface area contributed by atoms with Crippen molar-refractivity contribution < 1.29 is 9.47 Å². The van der Waals surface area contributed by atoms with Crippen LogP contribution in [0.5, 0.6) is 11.5 Å². The first-order chi connectivity index (χ1) is 13.7. The highest BCUT2D eigenvalue weighted by molar-refractivity contribution is 5.68. The molecule has 0 spiro atoms. The van der Waals surface area contributed by atoms with Crippen LogP contribution in [0.4, 0.5) is 0 Å². The van der Waals surface area contributed by atoms with E-state index in [4.69, 9.17) is 9.47 Å². The number of aryl methyl sites for hydroxylation is 1. The number of fused-ring (bicyclic) bond motifs is 3. The molecule has 0 saturated carbocycles. The lowest BCUT2D eigenvalue weighted by atomic mass is 10.00. The van der Waals surface area contributed by atoms with E-state index in [9.17, 15) is 0 Å². The van der Waals surface area contributed by atoms with E-state index in [0.717, 1.165) is 33.9 Å². The average Bonchev–Trinajstić information content (AvgIpc) is 3.20. The monoisotopic (exact) mass is 370 g/mol. The van der Waals surface area contributed by atoms with Gasteiger partial charge in [0.25, 0.3) is 0 Å². The van der Waals surface area contributed by atoms with Crippen LogP contribution < -0.4 is 14.9 Å². The Kier molecular flexibility index (Phi) is 4.06. The Balaban J connectivity index is 1.62. The zero-order valence-corrected chi connectivity index (χ0v) is 15.9. The molecule has 1 N–H and O–H groups in total. The van der Waals surface area contributed by atoms with Crippen molar-refractivity contribution in [3.05, 3.63) is 101 Å². The van der Waals surface area contributed by atoms with Gasteiger partial charge in [0.15, 0.2) is 17.7 Å². The van der Waals surface area contributed by atoms with E-state index in [1.165, 1.54) is 5.56 Å². The van der Waals surface area contributed by atoms with E-state index < -0.39 is 0 Å². The molecule has 2 atom stereocenters. The second kappa shape index (κ2) is 6.73. The molecule has 2 heterocycles. The molecule has 5 rings (SSSR count). The van der Waals surface area contributed by atoms with Crippen LogP contribution >= 0.6 is 0 Å². The summed E-state index contributed by atoms with van der Waals surface area (Å²) in [6.45, 7) is 2.09. The van der Waals surface area contributed by atoms with Crippen LogP contribution in [-0.2, 0) is 0 Å². The zero-order chi connectivity index (χ0) is 19.1. The normalized spacial score (nSPS) is 20.4. The topological polar surface area (TPSA) is 33.7 Å². The third kappa shape index (κ3) is 2.74. The molecule has 0 radical (unpaired) electrons. The van der Waals surface area contributed by atoms with E-state index in [1.807, 2.05) is 18.2 Å². The highest BCUT2D eigenvalue weighted by atomic mass is 16.5. The van der Waals surface area contributed by atoms with Crippen molar-refractivity contribution in [2.24, 2.45) is 0 Å². The molecule has 3 aromatic carbocycles. The maximum Gasteiger partial charge on any atom is 0.196 e. The Morgan fingerprint density at radius 2 is 1.71 bits per heavy atom. The van der Waals surface area contributed by atoms with Crippen LogP contribution in [0.2, 0.25) is 0 Å². The van der Waals surface area contributed by atoms with Gasteiger partial charge >= 0.3 is 0 Å². The first-order valence-corrected chi connectivity index (χ1v) is 9.47. The highest BCUT2D eigenvalue weighted by Crippen LogP contribution is 2.49. The molecule has 3 aromatic rings. The molecular formula is C24H22N2O2. The maximum absolute atomic E-state index is 6.48. The molecule has 0 saturated heterocycles. The standard InChI is InChI=1S/C24H22N2O2/c1-16-11-13-18(14-12-16)24-26-21(15-20(25-26)17-7-4-3-5-8-17)19-9-6-10-22(27-2)23(19)28-24/h3-15,21,24-25H,1-2H3/t21-,24+/m1/s1. The molecule has 28 heavy (non-hydrogen) atoms. The van der Waals surface area contributed by atoms with Crippen LogP contribution in [0, 0.1) is 6.92 Å². The highest BCUT2D eigenvalue weighted by Gasteiger charge is 2.41. The lowest BCUT2D eigenvalue weighted by molar-refractivity contribution is -0.0343. The summed E-state index contributed by atoms with van der Waals surface area (Å²) in [5.74, 6) is 1.57. The summed E-state index contributed by atoms with van der Waals surface area (Å²) >= 11 is 0. The Hall–Kier alpha value is -3.24. The number of benzene rings is 3. The Bertz CT molecular complexity index is 1030. The third-order valence-corrected chi connectivity index (χ3v) is 5.35. The smallest absolute Gasteiger partial charge is 0.196 e. The SMILES string of the molecule is COc1cccc2c1O[C@@H](c1ccc(C)cc1)N1NC(c3ccccc3)=C[C@H]21. The predicted molar refractivity (Wildman–Crippen MR) is 110 cm³/mol. The molecule has 0 aliphatic carbocycles. The van der Waals surface area contributed by atoms with Crippen LogP contribution in [0.25, 0.3) is 5.70 Å². The van der Waals surface area contributed by atoms with E-state index in [0.29, 0.717) is 0 Å². The molecule has 2 aliphatic heterocycles. The molecular weight excluding hydrogens is 348 g/mol. The quantitative estimate of drug-likeness (QED) is 0.704. The van der Waals surface area contributed by atoms with Crippen molar-refractivity contribution in [1.82, 2.24) is 10.4 Å². The second-order valence-electron chi connectivity index (χ2n) is 7.17. The van der Waals surface area contributed by atoms with Crippen molar-refractivity contribution in [2.75, 3.05) is 7.11 Å². The molecule has 140 valence electrons. The number of ether oxygens (including phenoxy) is 2. The summed E-state index contributed by atoms with van der Waals surface area (Å²) in [4.78, 5) is 0. The van der Waals surface area contributed by atoms with E-state index in [1.54, 1.807) is 7.11 Å². The van der Waals surface area contributed by atoms with Gasteiger partial charge in [0.2, 0.25) is 0 Å². The Morgan fingerprint density at radius 1 is 0.929 bits per heavy atom. The fourth-order valence-corrected chi connectivity index (χ4v) is 3.89. The molecule has 4 nitrogen and oxygen atoms in total. The van der Waals surface area contributed by atoms with Gasteiger partial charge < -0.3 is 14.9 Å². The molecule has 4 heteroatoms. The van der Waals surface area contributed by atoms with Gasteiger partial charge in [0.05, 0.1) is 18.8 Å². The number of hydrogen-bond acceptors (Lipinski definition) is 4. The fraction of sp³-hybridized carbons (Fsp3) is 0.167. The van der Waals surface area contributed by atoms with Gasteiger partial charge in [-0.15, -0.1) is 0 Å². The largest absolute Gasteiger partial charge is 0.493 e. The second-order valence-corrected chi connectivity index (χ2v) is 7.17. The van der Waals surface area contributed by atoms with Gasteiger partial charge in [0, 0.05) is 11.1 Å². The molecule has 0 fully saturated rings. The van der Waals surface area contributed by atoms with Crippen LogP contribution in [0.15, 0.2) is 78.9 Å². The minimum Gasteiger partial charge on any atom is -0.493 e. The summed E-state index contributed by atoms with van der Waals surface area (Å²) in [5, 5.41) is 2.18. The minimum atomic E-state index is -0.258. The van der Waals surface area contributed by atoms with Gasteiger partial charge in [-0.1, -0.05) is 72.3 Å². The van der Waals surface area contributed by atoms with Crippen molar-refractivity contribution in [3.8, 4) is 11.5 Å². The number of hydrogen-bond donors (Lipinski definition) is 1. The van der Waals surface area contributed by atoms with Crippen molar-refractivity contribution in [1.29, 1.82) is 0 Å². The number of nitrogens with one attached hydrogen (secondary N) is 1. The summed E-state index contributed by atoms with van der Waals surface area (Å²) in [6, 6.07) is 25.0. The summed E-state index contributed by atoms with van der Waals surface area (Å²) in [6.07, 6.45) is 2.00. The van der Waals surface area contributed by atoms with E-state index in [2.05, 4.69) is 78.0 Å². The Morgan fingerprint density at radius 3 is 2.46 bits per heavy atom. The number of hydrazine groups is 1.